The molecule has 0 radical (unpaired) electrons. The summed E-state index contributed by atoms with van der Waals surface area (Å²) in [7, 11) is 0. The van der Waals surface area contributed by atoms with E-state index < -0.39 is 0 Å². The van der Waals surface area contributed by atoms with Crippen molar-refractivity contribution in [3.63, 3.8) is 0 Å². The average Bonchev–Trinajstić information content (AvgIpc) is 2.47. The Kier molecular flexibility index (Phi) is 2.66. The number of hydrogen-bond acceptors (Lipinski definition) is 2. The first kappa shape index (κ1) is 9.81. The molecule has 1 fully saturated rings. The molecule has 1 unspecified atom stereocenters. The molecule has 1 aliphatic rings. The lowest BCUT2D eigenvalue weighted by molar-refractivity contribution is 0.195. The summed E-state index contributed by atoms with van der Waals surface area (Å²) in [6, 6.07) is 8.17. The highest BCUT2D eigenvalue weighted by Crippen LogP contribution is 2.26. The Labute approximate surface area is 89.1 Å². The normalized spacial score (nSPS) is 26.9. The number of halogens is 1. The van der Waals surface area contributed by atoms with E-state index in [1.54, 1.807) is 0 Å². The van der Waals surface area contributed by atoms with Crippen LogP contribution in [0.3, 0.4) is 0 Å². The van der Waals surface area contributed by atoms with Gasteiger partial charge in [0, 0.05) is 23.3 Å². The van der Waals surface area contributed by atoms with Gasteiger partial charge in [-0.25, -0.2) is 0 Å². The van der Waals surface area contributed by atoms with E-state index in [4.69, 9.17) is 11.6 Å². The van der Waals surface area contributed by atoms with Crippen LogP contribution < -0.4 is 4.90 Å². The van der Waals surface area contributed by atoms with Crippen molar-refractivity contribution in [1.29, 1.82) is 0 Å². The molecule has 0 bridgehead atoms. The molecule has 1 saturated heterocycles. The summed E-state index contributed by atoms with van der Waals surface area (Å²) in [5.41, 5.74) is 1.14. The van der Waals surface area contributed by atoms with Crippen LogP contribution in [0.5, 0.6) is 0 Å². The third-order valence-electron chi connectivity index (χ3n) is 2.71. The van der Waals surface area contributed by atoms with Gasteiger partial charge in [0.05, 0.1) is 6.10 Å². The van der Waals surface area contributed by atoms with Gasteiger partial charge in [-0.05, 0) is 37.6 Å². The summed E-state index contributed by atoms with van der Waals surface area (Å²) in [5, 5.41) is 10.3. The first-order valence-electron chi connectivity index (χ1n) is 4.87. The second-order valence-corrected chi connectivity index (χ2v) is 4.30. The Morgan fingerprint density at radius 1 is 1.36 bits per heavy atom. The third kappa shape index (κ3) is 1.86. The van der Waals surface area contributed by atoms with Crippen LogP contribution in [-0.4, -0.2) is 23.8 Å². The first-order valence-corrected chi connectivity index (χ1v) is 5.25. The van der Waals surface area contributed by atoms with Crippen molar-refractivity contribution in [3.8, 4) is 0 Å². The Morgan fingerprint density at radius 3 is 2.50 bits per heavy atom. The predicted molar refractivity (Wildman–Crippen MR) is 58.9 cm³/mol. The fraction of sp³-hybridized carbons (Fsp3) is 0.455. The fourth-order valence-corrected chi connectivity index (χ4v) is 2.12. The maximum atomic E-state index is 9.52. The monoisotopic (exact) mass is 211 g/mol. The van der Waals surface area contributed by atoms with E-state index in [1.807, 2.05) is 24.3 Å². The number of aliphatic hydroxyl groups excluding tert-OH is 1. The molecular weight excluding hydrogens is 198 g/mol. The molecule has 1 aliphatic heterocycles. The molecule has 1 aromatic rings. The number of anilines is 1. The van der Waals surface area contributed by atoms with Gasteiger partial charge in [-0.1, -0.05) is 11.6 Å². The van der Waals surface area contributed by atoms with Gasteiger partial charge in [-0.15, -0.1) is 0 Å². The Morgan fingerprint density at radius 2 is 2.00 bits per heavy atom. The molecule has 0 aliphatic carbocycles. The molecule has 0 saturated carbocycles. The van der Waals surface area contributed by atoms with E-state index in [2.05, 4.69) is 11.8 Å². The van der Waals surface area contributed by atoms with Gasteiger partial charge >= 0.3 is 0 Å². The number of nitrogens with zero attached hydrogens (tertiary/aromatic N) is 1. The lowest BCUT2D eigenvalue weighted by atomic mass is 10.2. The summed E-state index contributed by atoms with van der Waals surface area (Å²) in [6.45, 7) is 2.85. The molecule has 76 valence electrons. The Hall–Kier alpha value is -0.730. The summed E-state index contributed by atoms with van der Waals surface area (Å²) >= 11 is 5.82. The van der Waals surface area contributed by atoms with E-state index in [-0.39, 0.29) is 6.10 Å². The van der Waals surface area contributed by atoms with Crippen LogP contribution in [0.4, 0.5) is 5.69 Å². The molecule has 0 amide bonds. The fourth-order valence-electron chi connectivity index (χ4n) is 1.99. The van der Waals surface area contributed by atoms with Crippen LogP contribution in [0, 0.1) is 0 Å². The van der Waals surface area contributed by atoms with E-state index in [0.29, 0.717) is 6.04 Å². The van der Waals surface area contributed by atoms with Crippen LogP contribution in [-0.2, 0) is 0 Å². The zero-order valence-corrected chi connectivity index (χ0v) is 8.91. The molecule has 1 aromatic carbocycles. The van der Waals surface area contributed by atoms with Gasteiger partial charge in [-0.2, -0.15) is 0 Å². The third-order valence-corrected chi connectivity index (χ3v) is 2.96. The van der Waals surface area contributed by atoms with Gasteiger partial charge in [-0.3, -0.25) is 0 Å². The van der Waals surface area contributed by atoms with Gasteiger partial charge < -0.3 is 10.0 Å². The van der Waals surface area contributed by atoms with Crippen molar-refractivity contribution in [3.05, 3.63) is 29.3 Å². The van der Waals surface area contributed by atoms with Gasteiger partial charge in [0.15, 0.2) is 0 Å². The largest absolute Gasteiger partial charge is 0.391 e. The van der Waals surface area contributed by atoms with Gasteiger partial charge in [0.2, 0.25) is 0 Å². The SMILES string of the molecule is CC1C[C@@H](O)CN1c1ccc(Cl)cc1. The second kappa shape index (κ2) is 3.79. The van der Waals surface area contributed by atoms with Crippen LogP contribution in [0.15, 0.2) is 24.3 Å². The highest BCUT2D eigenvalue weighted by Gasteiger charge is 2.27. The van der Waals surface area contributed by atoms with Gasteiger partial charge in [0.25, 0.3) is 0 Å². The van der Waals surface area contributed by atoms with Crippen molar-refractivity contribution < 1.29 is 5.11 Å². The van der Waals surface area contributed by atoms with E-state index in [0.717, 1.165) is 23.7 Å². The molecule has 2 atom stereocenters. The molecule has 0 spiro atoms. The van der Waals surface area contributed by atoms with Crippen molar-refractivity contribution in [2.75, 3.05) is 11.4 Å². The number of aliphatic hydroxyl groups is 1. The van der Waals surface area contributed by atoms with Crippen LogP contribution in [0.25, 0.3) is 0 Å². The Balaban J connectivity index is 2.19. The Bertz CT molecular complexity index is 312. The lowest BCUT2D eigenvalue weighted by Crippen LogP contribution is -2.27. The number of hydrogen-bond donors (Lipinski definition) is 1. The van der Waals surface area contributed by atoms with Crippen molar-refractivity contribution in [1.82, 2.24) is 0 Å². The molecule has 2 nitrogen and oxygen atoms in total. The average molecular weight is 212 g/mol. The maximum absolute atomic E-state index is 9.52. The van der Waals surface area contributed by atoms with Crippen LogP contribution >= 0.6 is 11.6 Å². The smallest absolute Gasteiger partial charge is 0.0734 e. The number of benzene rings is 1. The van der Waals surface area contributed by atoms with E-state index >= 15 is 0 Å². The molecular formula is C11H14ClNO. The summed E-state index contributed by atoms with van der Waals surface area (Å²) < 4.78 is 0. The summed E-state index contributed by atoms with van der Waals surface area (Å²) in [6.07, 6.45) is 0.656. The quantitative estimate of drug-likeness (QED) is 0.771. The lowest BCUT2D eigenvalue weighted by Gasteiger charge is -2.23. The molecule has 1 heterocycles. The summed E-state index contributed by atoms with van der Waals surface area (Å²) in [4.78, 5) is 2.21. The van der Waals surface area contributed by atoms with E-state index in [1.165, 1.54) is 0 Å². The number of rotatable bonds is 1. The first-order chi connectivity index (χ1) is 6.66. The van der Waals surface area contributed by atoms with Crippen molar-refractivity contribution >= 4 is 17.3 Å². The highest BCUT2D eigenvalue weighted by atomic mass is 35.5. The molecule has 14 heavy (non-hydrogen) atoms. The van der Waals surface area contributed by atoms with E-state index in [9.17, 15) is 5.11 Å². The minimum atomic E-state index is -0.194. The zero-order valence-electron chi connectivity index (χ0n) is 8.15. The molecule has 2 rings (SSSR count). The zero-order chi connectivity index (χ0) is 10.1. The predicted octanol–water partition coefficient (Wildman–Crippen LogP) is 2.30. The number of β-amino-alcohol motifs (C(OH)–C–C–N with tert-alkyl or cyclic N) is 1. The standard InChI is InChI=1S/C11H14ClNO/c1-8-6-11(14)7-13(8)10-4-2-9(12)3-5-10/h2-5,8,11,14H,6-7H2,1H3/t8?,11-/m1/s1. The van der Waals surface area contributed by atoms with Crippen molar-refractivity contribution in [2.45, 2.75) is 25.5 Å². The van der Waals surface area contributed by atoms with Crippen LogP contribution in [0.1, 0.15) is 13.3 Å². The molecule has 1 N–H and O–H groups in total. The second-order valence-electron chi connectivity index (χ2n) is 3.87. The molecule has 0 aromatic heterocycles. The minimum Gasteiger partial charge on any atom is -0.391 e. The maximum Gasteiger partial charge on any atom is 0.0734 e. The molecule has 3 heteroatoms. The minimum absolute atomic E-state index is 0.194. The highest BCUT2D eigenvalue weighted by molar-refractivity contribution is 6.30. The summed E-state index contributed by atoms with van der Waals surface area (Å²) in [5.74, 6) is 0. The van der Waals surface area contributed by atoms with Gasteiger partial charge in [0.1, 0.15) is 0 Å². The van der Waals surface area contributed by atoms with Crippen LogP contribution in [0.2, 0.25) is 5.02 Å². The topological polar surface area (TPSA) is 23.5 Å². The van der Waals surface area contributed by atoms with Crippen molar-refractivity contribution in [2.24, 2.45) is 0 Å².